The second kappa shape index (κ2) is 6.62. The van der Waals surface area contributed by atoms with Crippen molar-refractivity contribution in [3.63, 3.8) is 0 Å². The number of benzene rings is 1. The fourth-order valence-corrected chi connectivity index (χ4v) is 1.96. The SMILES string of the molecule is Cc1nn(-c2ccc(Cl)cc2)cc1C(=O)NC[C@@H](C)C(=O)O. The molecule has 22 heavy (non-hydrogen) atoms. The maximum atomic E-state index is 12.1. The number of carbonyl (C=O) groups is 2. The molecule has 0 fully saturated rings. The molecule has 1 aromatic heterocycles. The largest absolute Gasteiger partial charge is 0.481 e. The van der Waals surface area contributed by atoms with Gasteiger partial charge < -0.3 is 10.4 Å². The van der Waals surface area contributed by atoms with E-state index in [0.29, 0.717) is 16.3 Å². The first-order chi connectivity index (χ1) is 10.4. The van der Waals surface area contributed by atoms with Gasteiger partial charge in [0, 0.05) is 17.8 Å². The van der Waals surface area contributed by atoms with Crippen LogP contribution in [0.25, 0.3) is 5.69 Å². The highest BCUT2D eigenvalue weighted by Gasteiger charge is 2.17. The molecule has 1 amide bonds. The van der Waals surface area contributed by atoms with E-state index in [4.69, 9.17) is 16.7 Å². The molecule has 1 atom stereocenters. The first kappa shape index (κ1) is 16.0. The van der Waals surface area contributed by atoms with Crippen LogP contribution in [0.15, 0.2) is 30.5 Å². The number of halogens is 1. The summed E-state index contributed by atoms with van der Waals surface area (Å²) in [6, 6.07) is 7.07. The van der Waals surface area contributed by atoms with Gasteiger partial charge >= 0.3 is 5.97 Å². The second-order valence-electron chi connectivity index (χ2n) is 5.00. The normalized spacial score (nSPS) is 12.0. The minimum Gasteiger partial charge on any atom is -0.481 e. The Morgan fingerprint density at radius 3 is 2.59 bits per heavy atom. The minimum absolute atomic E-state index is 0.0692. The van der Waals surface area contributed by atoms with Crippen LogP contribution in [0.2, 0.25) is 5.02 Å². The first-order valence-electron chi connectivity index (χ1n) is 6.71. The van der Waals surface area contributed by atoms with Crippen molar-refractivity contribution in [3.8, 4) is 5.69 Å². The molecule has 0 spiro atoms. The van der Waals surface area contributed by atoms with Crippen LogP contribution in [0, 0.1) is 12.8 Å². The van der Waals surface area contributed by atoms with E-state index >= 15 is 0 Å². The van der Waals surface area contributed by atoms with Crippen molar-refractivity contribution in [3.05, 3.63) is 46.7 Å². The Kier molecular flexibility index (Phi) is 4.82. The number of rotatable bonds is 5. The molecule has 1 aromatic carbocycles. The van der Waals surface area contributed by atoms with E-state index in [1.54, 1.807) is 42.1 Å². The molecular weight excluding hydrogens is 306 g/mol. The molecule has 0 aliphatic carbocycles. The molecule has 0 saturated heterocycles. The summed E-state index contributed by atoms with van der Waals surface area (Å²) in [7, 11) is 0. The van der Waals surface area contributed by atoms with Gasteiger partial charge in [-0.1, -0.05) is 18.5 Å². The van der Waals surface area contributed by atoms with Gasteiger partial charge in [-0.05, 0) is 31.2 Å². The van der Waals surface area contributed by atoms with Crippen molar-refractivity contribution in [1.82, 2.24) is 15.1 Å². The number of nitrogens with one attached hydrogen (secondary N) is 1. The lowest BCUT2D eigenvalue weighted by molar-refractivity contribution is -0.140. The smallest absolute Gasteiger partial charge is 0.308 e. The Labute approximate surface area is 132 Å². The molecular formula is C15H16ClN3O3. The van der Waals surface area contributed by atoms with Crippen LogP contribution in [-0.2, 0) is 4.79 Å². The zero-order chi connectivity index (χ0) is 16.3. The summed E-state index contributed by atoms with van der Waals surface area (Å²) in [5.74, 6) is -1.93. The van der Waals surface area contributed by atoms with E-state index in [1.807, 2.05) is 0 Å². The number of amides is 1. The fraction of sp³-hybridized carbons (Fsp3) is 0.267. The Morgan fingerprint density at radius 2 is 2.00 bits per heavy atom. The van der Waals surface area contributed by atoms with Gasteiger partial charge in [-0.2, -0.15) is 5.10 Å². The van der Waals surface area contributed by atoms with Crippen molar-refractivity contribution in [2.24, 2.45) is 5.92 Å². The third-order valence-corrected chi connectivity index (χ3v) is 3.48. The average Bonchev–Trinajstić information content (AvgIpc) is 2.87. The van der Waals surface area contributed by atoms with Gasteiger partial charge in [0.15, 0.2) is 0 Å². The van der Waals surface area contributed by atoms with Crippen molar-refractivity contribution >= 4 is 23.5 Å². The van der Waals surface area contributed by atoms with E-state index in [9.17, 15) is 9.59 Å². The number of hydrogen-bond donors (Lipinski definition) is 2. The third-order valence-electron chi connectivity index (χ3n) is 3.23. The highest BCUT2D eigenvalue weighted by molar-refractivity contribution is 6.30. The number of aliphatic carboxylic acids is 1. The van der Waals surface area contributed by atoms with E-state index in [1.165, 1.54) is 6.92 Å². The zero-order valence-corrected chi connectivity index (χ0v) is 13.0. The van der Waals surface area contributed by atoms with E-state index in [0.717, 1.165) is 5.69 Å². The number of carboxylic acids is 1. The lowest BCUT2D eigenvalue weighted by Crippen LogP contribution is -2.31. The minimum atomic E-state index is -0.950. The number of aromatic nitrogens is 2. The van der Waals surface area contributed by atoms with Crippen molar-refractivity contribution in [1.29, 1.82) is 0 Å². The van der Waals surface area contributed by atoms with Gasteiger partial charge in [0.05, 0.1) is 22.9 Å². The van der Waals surface area contributed by atoms with Gasteiger partial charge in [0.25, 0.3) is 5.91 Å². The predicted molar refractivity (Wildman–Crippen MR) is 82.4 cm³/mol. The maximum absolute atomic E-state index is 12.1. The Bertz CT molecular complexity index is 695. The molecule has 116 valence electrons. The molecule has 0 unspecified atom stereocenters. The molecule has 2 aromatic rings. The third kappa shape index (κ3) is 3.65. The average molecular weight is 322 g/mol. The maximum Gasteiger partial charge on any atom is 0.308 e. The summed E-state index contributed by atoms with van der Waals surface area (Å²) in [6.45, 7) is 3.33. The van der Waals surface area contributed by atoms with Gasteiger partial charge in [-0.25, -0.2) is 4.68 Å². The lowest BCUT2D eigenvalue weighted by atomic mass is 10.2. The molecule has 2 N–H and O–H groups in total. The molecule has 0 saturated carbocycles. The summed E-state index contributed by atoms with van der Waals surface area (Å²) in [5, 5.41) is 16.3. The van der Waals surface area contributed by atoms with Gasteiger partial charge in [0.1, 0.15) is 0 Å². The highest BCUT2D eigenvalue weighted by Crippen LogP contribution is 2.15. The Balaban J connectivity index is 2.14. The molecule has 0 aliphatic rings. The number of carboxylic acid groups (broad SMARTS) is 1. The summed E-state index contributed by atoms with van der Waals surface area (Å²) < 4.78 is 1.58. The molecule has 0 radical (unpaired) electrons. The van der Waals surface area contributed by atoms with Crippen LogP contribution in [-0.4, -0.2) is 33.3 Å². The van der Waals surface area contributed by atoms with Gasteiger partial charge in [0.2, 0.25) is 0 Å². The van der Waals surface area contributed by atoms with Crippen molar-refractivity contribution in [2.45, 2.75) is 13.8 Å². The second-order valence-corrected chi connectivity index (χ2v) is 5.43. The molecule has 7 heteroatoms. The van der Waals surface area contributed by atoms with E-state index in [-0.39, 0.29) is 12.5 Å². The number of carbonyl (C=O) groups excluding carboxylic acids is 1. The molecule has 0 aliphatic heterocycles. The van der Waals surface area contributed by atoms with Crippen molar-refractivity contribution < 1.29 is 14.7 Å². The Morgan fingerprint density at radius 1 is 1.36 bits per heavy atom. The number of nitrogens with zero attached hydrogens (tertiary/aromatic N) is 2. The number of aryl methyl sites for hydroxylation is 1. The Hall–Kier alpha value is -2.34. The molecule has 1 heterocycles. The van der Waals surface area contributed by atoms with Crippen LogP contribution >= 0.6 is 11.6 Å². The van der Waals surface area contributed by atoms with Crippen LogP contribution in [0.5, 0.6) is 0 Å². The monoisotopic (exact) mass is 321 g/mol. The van der Waals surface area contributed by atoms with E-state index in [2.05, 4.69) is 10.4 Å². The topological polar surface area (TPSA) is 84.2 Å². The van der Waals surface area contributed by atoms with Crippen LogP contribution < -0.4 is 5.32 Å². The summed E-state index contributed by atoms with van der Waals surface area (Å²) in [5.41, 5.74) is 1.76. The first-order valence-corrected chi connectivity index (χ1v) is 7.09. The summed E-state index contributed by atoms with van der Waals surface area (Å²) >= 11 is 5.84. The summed E-state index contributed by atoms with van der Waals surface area (Å²) in [4.78, 5) is 22.9. The van der Waals surface area contributed by atoms with E-state index < -0.39 is 11.9 Å². The predicted octanol–water partition coefficient (Wildman–Crippen LogP) is 2.28. The highest BCUT2D eigenvalue weighted by atomic mass is 35.5. The van der Waals surface area contributed by atoms with Crippen LogP contribution in [0.1, 0.15) is 23.0 Å². The fourth-order valence-electron chi connectivity index (χ4n) is 1.84. The zero-order valence-electron chi connectivity index (χ0n) is 12.2. The van der Waals surface area contributed by atoms with Crippen molar-refractivity contribution in [2.75, 3.05) is 6.54 Å². The molecule has 6 nitrogen and oxygen atoms in total. The van der Waals surface area contributed by atoms with Gasteiger partial charge in [-0.15, -0.1) is 0 Å². The standard InChI is InChI=1S/C15H16ClN3O3/c1-9(15(21)22)7-17-14(20)13-8-19(18-10(13)2)12-5-3-11(16)4-6-12/h3-6,8-9H,7H2,1-2H3,(H,17,20)(H,21,22)/t9-/m1/s1. The molecule has 0 bridgehead atoms. The van der Waals surface area contributed by atoms with Crippen LogP contribution in [0.4, 0.5) is 0 Å². The quantitative estimate of drug-likeness (QED) is 0.885. The summed E-state index contributed by atoms with van der Waals surface area (Å²) in [6.07, 6.45) is 1.61. The number of hydrogen-bond acceptors (Lipinski definition) is 3. The lowest BCUT2D eigenvalue weighted by Gasteiger charge is -2.07. The van der Waals surface area contributed by atoms with Gasteiger partial charge in [-0.3, -0.25) is 9.59 Å². The van der Waals surface area contributed by atoms with Crippen LogP contribution in [0.3, 0.4) is 0 Å². The molecule has 2 rings (SSSR count).